The van der Waals surface area contributed by atoms with Gasteiger partial charge in [-0.1, -0.05) is 12.1 Å². The Balaban J connectivity index is 1.94. The van der Waals surface area contributed by atoms with Crippen LogP contribution in [0.4, 0.5) is 10.1 Å². The van der Waals surface area contributed by atoms with Crippen molar-refractivity contribution in [3.8, 4) is 5.75 Å². The molecule has 0 saturated carbocycles. The van der Waals surface area contributed by atoms with Gasteiger partial charge in [-0.15, -0.1) is 0 Å². The number of benzene rings is 2. The number of aryl methyl sites for hydroxylation is 1. The summed E-state index contributed by atoms with van der Waals surface area (Å²) in [6.07, 6.45) is 3.12. The standard InChI is InChI=1S/C21H20FNO3/c1-4-25-19-11-20-16(14(3)12-26-20)10-15(19)13(2)9-21(24)23-18-8-6-5-7-17(18)22/h5-12H,4H2,1-3H3,(H,23,24)/b13-9+. The van der Waals surface area contributed by atoms with Gasteiger partial charge < -0.3 is 14.5 Å². The number of allylic oxidation sites excluding steroid dienone is 1. The number of para-hydroxylation sites is 1. The first kappa shape index (κ1) is 17.7. The fourth-order valence-electron chi connectivity index (χ4n) is 2.77. The van der Waals surface area contributed by atoms with Gasteiger partial charge in [0.05, 0.1) is 18.6 Å². The average Bonchev–Trinajstić information content (AvgIpc) is 2.97. The zero-order chi connectivity index (χ0) is 18.7. The second kappa shape index (κ2) is 7.44. The first-order valence-corrected chi connectivity index (χ1v) is 8.38. The lowest BCUT2D eigenvalue weighted by atomic mass is 10.0. The number of hydrogen-bond acceptors (Lipinski definition) is 3. The molecule has 134 valence electrons. The van der Waals surface area contributed by atoms with Gasteiger partial charge in [-0.05, 0) is 50.1 Å². The molecule has 0 fully saturated rings. The third kappa shape index (κ3) is 3.61. The molecule has 26 heavy (non-hydrogen) atoms. The predicted octanol–water partition coefficient (Wildman–Crippen LogP) is 5.32. The highest BCUT2D eigenvalue weighted by atomic mass is 19.1. The van der Waals surface area contributed by atoms with Crippen molar-refractivity contribution in [3.05, 3.63) is 65.7 Å². The van der Waals surface area contributed by atoms with E-state index in [0.717, 1.165) is 22.1 Å². The summed E-state index contributed by atoms with van der Waals surface area (Å²) >= 11 is 0. The highest BCUT2D eigenvalue weighted by Crippen LogP contribution is 2.33. The average molecular weight is 353 g/mol. The zero-order valence-electron chi connectivity index (χ0n) is 14.9. The van der Waals surface area contributed by atoms with Crippen molar-refractivity contribution < 1.29 is 18.3 Å². The van der Waals surface area contributed by atoms with E-state index >= 15 is 0 Å². The quantitative estimate of drug-likeness (QED) is 0.632. The molecule has 3 rings (SSSR count). The van der Waals surface area contributed by atoms with Crippen molar-refractivity contribution >= 4 is 28.1 Å². The van der Waals surface area contributed by atoms with Gasteiger partial charge in [0, 0.05) is 23.1 Å². The number of fused-ring (bicyclic) bond motifs is 1. The van der Waals surface area contributed by atoms with Gasteiger partial charge in [0.1, 0.15) is 17.1 Å². The van der Waals surface area contributed by atoms with Crippen LogP contribution in [0.5, 0.6) is 5.75 Å². The molecule has 0 saturated heterocycles. The van der Waals surface area contributed by atoms with Crippen LogP contribution in [-0.2, 0) is 4.79 Å². The SMILES string of the molecule is CCOc1cc2occ(C)c2cc1/C(C)=C/C(=O)Nc1ccccc1F. The molecule has 2 aromatic carbocycles. The largest absolute Gasteiger partial charge is 0.493 e. The molecule has 0 bridgehead atoms. The van der Waals surface area contributed by atoms with E-state index in [1.165, 1.54) is 18.2 Å². The molecule has 1 heterocycles. The molecule has 3 aromatic rings. The van der Waals surface area contributed by atoms with E-state index in [0.29, 0.717) is 17.9 Å². The highest BCUT2D eigenvalue weighted by molar-refractivity contribution is 6.04. The maximum absolute atomic E-state index is 13.7. The number of nitrogens with one attached hydrogen (secondary N) is 1. The van der Waals surface area contributed by atoms with Crippen LogP contribution in [0.15, 0.2) is 53.2 Å². The number of ether oxygens (including phenoxy) is 1. The topological polar surface area (TPSA) is 51.5 Å². The van der Waals surface area contributed by atoms with Crippen molar-refractivity contribution in [2.75, 3.05) is 11.9 Å². The second-order valence-electron chi connectivity index (χ2n) is 5.99. The van der Waals surface area contributed by atoms with Crippen LogP contribution < -0.4 is 10.1 Å². The molecule has 1 amide bonds. The van der Waals surface area contributed by atoms with Gasteiger partial charge in [0.25, 0.3) is 0 Å². The molecule has 0 atom stereocenters. The van der Waals surface area contributed by atoms with Crippen LogP contribution in [0.3, 0.4) is 0 Å². The minimum absolute atomic E-state index is 0.146. The lowest BCUT2D eigenvalue weighted by molar-refractivity contribution is -0.111. The number of carbonyl (C=O) groups excluding carboxylic acids is 1. The summed E-state index contributed by atoms with van der Waals surface area (Å²) in [6, 6.07) is 9.83. The van der Waals surface area contributed by atoms with Crippen LogP contribution in [0.1, 0.15) is 25.0 Å². The summed E-state index contributed by atoms with van der Waals surface area (Å²) < 4.78 is 24.9. The van der Waals surface area contributed by atoms with Crippen molar-refractivity contribution in [3.63, 3.8) is 0 Å². The van der Waals surface area contributed by atoms with Crippen LogP contribution >= 0.6 is 0 Å². The lowest BCUT2D eigenvalue weighted by Crippen LogP contribution is -2.10. The van der Waals surface area contributed by atoms with Gasteiger partial charge in [-0.2, -0.15) is 0 Å². The number of hydrogen-bond donors (Lipinski definition) is 1. The third-order valence-corrected chi connectivity index (χ3v) is 4.07. The Morgan fingerprint density at radius 1 is 1.31 bits per heavy atom. The van der Waals surface area contributed by atoms with E-state index in [2.05, 4.69) is 5.32 Å². The fourth-order valence-corrected chi connectivity index (χ4v) is 2.77. The van der Waals surface area contributed by atoms with Crippen LogP contribution in [-0.4, -0.2) is 12.5 Å². The Kier molecular flexibility index (Phi) is 5.07. The first-order valence-electron chi connectivity index (χ1n) is 8.38. The monoisotopic (exact) mass is 353 g/mol. The van der Waals surface area contributed by atoms with Crippen molar-refractivity contribution in [1.29, 1.82) is 0 Å². The van der Waals surface area contributed by atoms with E-state index in [9.17, 15) is 9.18 Å². The predicted molar refractivity (Wildman–Crippen MR) is 101 cm³/mol. The number of rotatable bonds is 5. The smallest absolute Gasteiger partial charge is 0.248 e. The number of carbonyl (C=O) groups is 1. The molecular formula is C21H20FNO3. The molecule has 0 spiro atoms. The summed E-state index contributed by atoms with van der Waals surface area (Å²) in [7, 11) is 0. The molecular weight excluding hydrogens is 333 g/mol. The maximum atomic E-state index is 13.7. The van der Waals surface area contributed by atoms with Crippen LogP contribution in [0, 0.1) is 12.7 Å². The molecule has 1 aromatic heterocycles. The molecule has 1 N–H and O–H groups in total. The van der Waals surface area contributed by atoms with Gasteiger partial charge in [0.15, 0.2) is 0 Å². The zero-order valence-corrected chi connectivity index (χ0v) is 14.9. The first-order chi connectivity index (χ1) is 12.5. The normalized spacial score (nSPS) is 11.6. The Labute approximate surface area is 151 Å². The Hall–Kier alpha value is -3.08. The van der Waals surface area contributed by atoms with Crippen molar-refractivity contribution in [2.45, 2.75) is 20.8 Å². The fraction of sp³-hybridized carbons (Fsp3) is 0.190. The number of amides is 1. The molecule has 0 aliphatic rings. The van der Waals surface area contributed by atoms with Crippen molar-refractivity contribution in [1.82, 2.24) is 0 Å². The summed E-state index contributed by atoms with van der Waals surface area (Å²) in [5.41, 5.74) is 3.40. The van der Waals surface area contributed by atoms with E-state index in [1.54, 1.807) is 18.4 Å². The summed E-state index contributed by atoms with van der Waals surface area (Å²) in [4.78, 5) is 12.3. The van der Waals surface area contributed by atoms with Crippen LogP contribution in [0.25, 0.3) is 16.5 Å². The van der Waals surface area contributed by atoms with Crippen LogP contribution in [0.2, 0.25) is 0 Å². The molecule has 0 radical (unpaired) electrons. The van der Waals surface area contributed by atoms with E-state index in [1.807, 2.05) is 32.9 Å². The molecule has 0 unspecified atom stereocenters. The van der Waals surface area contributed by atoms with Gasteiger partial charge >= 0.3 is 0 Å². The maximum Gasteiger partial charge on any atom is 0.248 e. The van der Waals surface area contributed by atoms with E-state index in [-0.39, 0.29) is 5.69 Å². The third-order valence-electron chi connectivity index (χ3n) is 4.07. The Morgan fingerprint density at radius 2 is 2.08 bits per heavy atom. The van der Waals surface area contributed by atoms with Gasteiger partial charge in [0.2, 0.25) is 5.91 Å². The summed E-state index contributed by atoms with van der Waals surface area (Å²) in [5.74, 6) is -0.238. The van der Waals surface area contributed by atoms with E-state index < -0.39 is 11.7 Å². The molecule has 5 heteroatoms. The molecule has 0 aliphatic heterocycles. The molecule has 4 nitrogen and oxygen atoms in total. The summed E-state index contributed by atoms with van der Waals surface area (Å²) in [6.45, 7) is 6.16. The second-order valence-corrected chi connectivity index (χ2v) is 5.99. The Morgan fingerprint density at radius 3 is 2.81 bits per heavy atom. The Bertz CT molecular complexity index is 988. The van der Waals surface area contributed by atoms with E-state index in [4.69, 9.17) is 9.15 Å². The number of halogens is 1. The minimum Gasteiger partial charge on any atom is -0.493 e. The summed E-state index contributed by atoms with van der Waals surface area (Å²) in [5, 5.41) is 3.52. The van der Waals surface area contributed by atoms with Gasteiger partial charge in [-0.25, -0.2) is 4.39 Å². The number of anilines is 1. The number of furan rings is 1. The molecule has 0 aliphatic carbocycles. The van der Waals surface area contributed by atoms with Gasteiger partial charge in [-0.3, -0.25) is 4.79 Å². The minimum atomic E-state index is -0.475. The van der Waals surface area contributed by atoms with Crippen molar-refractivity contribution in [2.24, 2.45) is 0 Å². The lowest BCUT2D eigenvalue weighted by Gasteiger charge is -2.11. The highest BCUT2D eigenvalue weighted by Gasteiger charge is 2.13.